The van der Waals surface area contributed by atoms with Crippen molar-refractivity contribution in [1.82, 2.24) is 9.80 Å². The van der Waals surface area contributed by atoms with Gasteiger partial charge in [0, 0.05) is 32.7 Å². The van der Waals surface area contributed by atoms with Crippen LogP contribution in [0.3, 0.4) is 0 Å². The third kappa shape index (κ3) is 4.29. The van der Waals surface area contributed by atoms with Gasteiger partial charge in [-0.15, -0.1) is 0 Å². The van der Waals surface area contributed by atoms with Gasteiger partial charge in [-0.2, -0.15) is 0 Å². The topological polar surface area (TPSA) is 49.6 Å². The van der Waals surface area contributed by atoms with Crippen LogP contribution in [0.4, 0.5) is 0 Å². The van der Waals surface area contributed by atoms with Crippen molar-refractivity contribution in [1.29, 1.82) is 0 Å². The molecule has 1 heterocycles. The first-order chi connectivity index (χ1) is 9.97. The summed E-state index contributed by atoms with van der Waals surface area (Å²) in [7, 11) is 0. The summed E-state index contributed by atoms with van der Waals surface area (Å²) in [5, 5.41) is 0. The number of carbonyl (C=O) groups is 1. The summed E-state index contributed by atoms with van der Waals surface area (Å²) in [5.74, 6) is 0.352. The number of nitrogens with two attached hydrogens (primary N) is 1. The van der Waals surface area contributed by atoms with Gasteiger partial charge in [0.1, 0.15) is 0 Å². The summed E-state index contributed by atoms with van der Waals surface area (Å²) in [4.78, 5) is 15.8. The van der Waals surface area contributed by atoms with Gasteiger partial charge in [0.2, 0.25) is 5.91 Å². The summed E-state index contributed by atoms with van der Waals surface area (Å²) in [6.45, 7) is 11.1. The van der Waals surface area contributed by atoms with E-state index in [1.54, 1.807) is 0 Å². The Labute approximate surface area is 127 Å². The zero-order valence-corrected chi connectivity index (χ0v) is 13.4. The van der Waals surface area contributed by atoms with Gasteiger partial charge in [0.25, 0.3) is 0 Å². The molecule has 0 spiro atoms. The normalized spacial score (nSPS) is 18.9. The molecule has 0 unspecified atom stereocenters. The fraction of sp³-hybridized carbons (Fsp3) is 0.588. The highest BCUT2D eigenvalue weighted by atomic mass is 16.1. The minimum atomic E-state index is -0.229. The van der Waals surface area contributed by atoms with E-state index in [-0.39, 0.29) is 11.9 Å². The van der Waals surface area contributed by atoms with E-state index in [2.05, 4.69) is 47.9 Å². The molecule has 0 radical (unpaired) electrons. The molecule has 2 N–H and O–H groups in total. The van der Waals surface area contributed by atoms with E-state index in [0.29, 0.717) is 5.92 Å². The van der Waals surface area contributed by atoms with E-state index >= 15 is 0 Å². The highest BCUT2D eigenvalue weighted by Gasteiger charge is 2.23. The number of hydrogen-bond donors (Lipinski definition) is 1. The van der Waals surface area contributed by atoms with Crippen molar-refractivity contribution in [3.05, 3.63) is 35.4 Å². The fourth-order valence-corrected chi connectivity index (χ4v) is 2.75. The average Bonchev–Trinajstić information content (AvgIpc) is 2.47. The van der Waals surface area contributed by atoms with Crippen LogP contribution < -0.4 is 5.73 Å². The zero-order chi connectivity index (χ0) is 15.4. The SMILES string of the molecule is CC(C)c1ccc(CN2CCN([C@H](C)C(N)=O)CC2)cc1. The zero-order valence-electron chi connectivity index (χ0n) is 13.4. The quantitative estimate of drug-likeness (QED) is 0.899. The van der Waals surface area contributed by atoms with E-state index in [1.165, 1.54) is 11.1 Å². The molecule has 0 aromatic heterocycles. The van der Waals surface area contributed by atoms with Crippen LogP contribution >= 0.6 is 0 Å². The number of benzene rings is 1. The fourth-order valence-electron chi connectivity index (χ4n) is 2.75. The third-order valence-corrected chi connectivity index (χ3v) is 4.42. The van der Waals surface area contributed by atoms with Crippen molar-refractivity contribution in [2.45, 2.75) is 39.3 Å². The van der Waals surface area contributed by atoms with Crippen molar-refractivity contribution in [2.24, 2.45) is 5.73 Å². The molecule has 1 aromatic rings. The van der Waals surface area contributed by atoms with Gasteiger partial charge < -0.3 is 5.73 Å². The maximum absolute atomic E-state index is 11.2. The number of hydrogen-bond acceptors (Lipinski definition) is 3. The van der Waals surface area contributed by atoms with E-state index in [0.717, 1.165) is 32.7 Å². The first kappa shape index (κ1) is 16.0. The summed E-state index contributed by atoms with van der Waals surface area (Å²) in [6.07, 6.45) is 0. The summed E-state index contributed by atoms with van der Waals surface area (Å²) in [5.41, 5.74) is 8.11. The minimum absolute atomic E-state index is 0.155. The lowest BCUT2D eigenvalue weighted by atomic mass is 10.0. The lowest BCUT2D eigenvalue weighted by Crippen LogP contribution is -2.52. The molecule has 4 heteroatoms. The predicted octanol–water partition coefficient (Wildman–Crippen LogP) is 1.80. The molecule has 4 nitrogen and oxygen atoms in total. The monoisotopic (exact) mass is 289 g/mol. The molecule has 0 aliphatic carbocycles. The second-order valence-electron chi connectivity index (χ2n) is 6.29. The third-order valence-electron chi connectivity index (χ3n) is 4.42. The molecule has 21 heavy (non-hydrogen) atoms. The maximum Gasteiger partial charge on any atom is 0.234 e. The lowest BCUT2D eigenvalue weighted by molar-refractivity contribution is -0.123. The van der Waals surface area contributed by atoms with Crippen LogP contribution in [-0.2, 0) is 11.3 Å². The van der Waals surface area contributed by atoms with Gasteiger partial charge >= 0.3 is 0 Å². The van der Waals surface area contributed by atoms with Crippen molar-refractivity contribution in [2.75, 3.05) is 26.2 Å². The number of piperazine rings is 1. The lowest BCUT2D eigenvalue weighted by Gasteiger charge is -2.37. The van der Waals surface area contributed by atoms with Crippen LogP contribution in [0.2, 0.25) is 0 Å². The van der Waals surface area contributed by atoms with Crippen LogP contribution in [0.25, 0.3) is 0 Å². The molecule has 1 aliphatic rings. The number of primary amides is 1. The Morgan fingerprint density at radius 3 is 2.14 bits per heavy atom. The Morgan fingerprint density at radius 2 is 1.67 bits per heavy atom. The van der Waals surface area contributed by atoms with E-state index in [4.69, 9.17) is 5.73 Å². The first-order valence-electron chi connectivity index (χ1n) is 7.82. The van der Waals surface area contributed by atoms with Gasteiger partial charge in [-0.05, 0) is 24.0 Å². The van der Waals surface area contributed by atoms with Crippen LogP contribution in [-0.4, -0.2) is 47.9 Å². The Morgan fingerprint density at radius 1 is 1.10 bits per heavy atom. The standard InChI is InChI=1S/C17H27N3O/c1-13(2)16-6-4-15(5-7-16)12-19-8-10-20(11-9-19)14(3)17(18)21/h4-7,13-14H,8-12H2,1-3H3,(H2,18,21)/t14-/m1/s1. The second-order valence-corrected chi connectivity index (χ2v) is 6.29. The Balaban J connectivity index is 1.84. The summed E-state index contributed by atoms with van der Waals surface area (Å²) in [6, 6.07) is 8.76. The van der Waals surface area contributed by atoms with Crippen molar-refractivity contribution >= 4 is 5.91 Å². The molecule has 1 aromatic carbocycles. The van der Waals surface area contributed by atoms with E-state index in [1.807, 2.05) is 6.92 Å². The van der Waals surface area contributed by atoms with Crippen LogP contribution in [0.5, 0.6) is 0 Å². The molecule has 2 rings (SSSR count). The van der Waals surface area contributed by atoms with Gasteiger partial charge in [-0.1, -0.05) is 38.1 Å². The summed E-state index contributed by atoms with van der Waals surface area (Å²) >= 11 is 0. The Hall–Kier alpha value is -1.39. The highest BCUT2D eigenvalue weighted by molar-refractivity contribution is 5.79. The van der Waals surface area contributed by atoms with Gasteiger partial charge in [0.15, 0.2) is 0 Å². The van der Waals surface area contributed by atoms with E-state index in [9.17, 15) is 4.79 Å². The largest absolute Gasteiger partial charge is 0.368 e. The number of rotatable bonds is 5. The van der Waals surface area contributed by atoms with Crippen molar-refractivity contribution < 1.29 is 4.79 Å². The molecule has 116 valence electrons. The Bertz CT molecular complexity index is 461. The van der Waals surface area contributed by atoms with Crippen LogP contribution in [0, 0.1) is 0 Å². The molecule has 0 bridgehead atoms. The van der Waals surface area contributed by atoms with Crippen molar-refractivity contribution in [3.8, 4) is 0 Å². The minimum Gasteiger partial charge on any atom is -0.368 e. The van der Waals surface area contributed by atoms with Crippen LogP contribution in [0.15, 0.2) is 24.3 Å². The molecular formula is C17H27N3O. The molecule has 1 aliphatic heterocycles. The number of amides is 1. The van der Waals surface area contributed by atoms with Crippen LogP contribution in [0.1, 0.15) is 37.8 Å². The second kappa shape index (κ2) is 7.05. The first-order valence-corrected chi connectivity index (χ1v) is 7.82. The average molecular weight is 289 g/mol. The number of carbonyl (C=O) groups excluding carboxylic acids is 1. The smallest absolute Gasteiger partial charge is 0.234 e. The molecule has 0 saturated carbocycles. The molecule has 1 amide bonds. The Kier molecular flexibility index (Phi) is 5.37. The molecule has 1 atom stereocenters. The van der Waals surface area contributed by atoms with Gasteiger partial charge in [-0.3, -0.25) is 14.6 Å². The van der Waals surface area contributed by atoms with Gasteiger partial charge in [-0.25, -0.2) is 0 Å². The number of nitrogens with zero attached hydrogens (tertiary/aromatic N) is 2. The van der Waals surface area contributed by atoms with Crippen molar-refractivity contribution in [3.63, 3.8) is 0 Å². The highest BCUT2D eigenvalue weighted by Crippen LogP contribution is 2.16. The van der Waals surface area contributed by atoms with Gasteiger partial charge in [0.05, 0.1) is 6.04 Å². The molecule has 1 fully saturated rings. The van der Waals surface area contributed by atoms with E-state index < -0.39 is 0 Å². The molecular weight excluding hydrogens is 262 g/mol. The molecule has 1 saturated heterocycles. The summed E-state index contributed by atoms with van der Waals surface area (Å²) < 4.78 is 0. The maximum atomic E-state index is 11.2. The predicted molar refractivity (Wildman–Crippen MR) is 86.0 cm³/mol.